The van der Waals surface area contributed by atoms with Gasteiger partial charge in [-0.3, -0.25) is 4.90 Å². The van der Waals surface area contributed by atoms with Crippen LogP contribution in [0.3, 0.4) is 0 Å². The highest BCUT2D eigenvalue weighted by Crippen LogP contribution is 2.42. The van der Waals surface area contributed by atoms with Crippen molar-refractivity contribution in [3.63, 3.8) is 0 Å². The summed E-state index contributed by atoms with van der Waals surface area (Å²) in [5.41, 5.74) is 9.28. The van der Waals surface area contributed by atoms with Crippen LogP contribution in [0.5, 0.6) is 0 Å². The fourth-order valence-electron chi connectivity index (χ4n) is 3.58. The van der Waals surface area contributed by atoms with Gasteiger partial charge in [0.2, 0.25) is 0 Å². The van der Waals surface area contributed by atoms with Crippen LogP contribution >= 0.6 is 0 Å². The summed E-state index contributed by atoms with van der Waals surface area (Å²) < 4.78 is 0. The Kier molecular flexibility index (Phi) is 3.60. The quantitative estimate of drug-likeness (QED) is 0.904. The Hall–Kier alpha value is -1.64. The van der Waals surface area contributed by atoms with Crippen LogP contribution in [0.2, 0.25) is 0 Å². The average Bonchev–Trinajstić information content (AvgIpc) is 2.71. The molecule has 0 radical (unpaired) electrons. The fraction of sp³-hybridized carbons (Fsp3) is 0.333. The van der Waals surface area contributed by atoms with Gasteiger partial charge < -0.3 is 5.73 Å². The SMILES string of the molecule is C[C@H]1[C@H](c2ccccc2)[C@@H](N)[C@H](c2ccccc2)N1C. The molecule has 20 heavy (non-hydrogen) atoms. The maximum atomic E-state index is 6.63. The van der Waals surface area contributed by atoms with Crippen molar-refractivity contribution < 1.29 is 0 Å². The van der Waals surface area contributed by atoms with Gasteiger partial charge in [0.25, 0.3) is 0 Å². The van der Waals surface area contributed by atoms with E-state index in [2.05, 4.69) is 79.5 Å². The van der Waals surface area contributed by atoms with Crippen LogP contribution in [0, 0.1) is 0 Å². The van der Waals surface area contributed by atoms with Crippen LogP contribution in [-0.4, -0.2) is 24.0 Å². The lowest BCUT2D eigenvalue weighted by atomic mass is 9.86. The lowest BCUT2D eigenvalue weighted by Gasteiger charge is -2.25. The first-order valence-electron chi connectivity index (χ1n) is 7.27. The summed E-state index contributed by atoms with van der Waals surface area (Å²) >= 11 is 0. The van der Waals surface area contributed by atoms with E-state index >= 15 is 0 Å². The Morgan fingerprint density at radius 2 is 1.35 bits per heavy atom. The predicted octanol–water partition coefficient (Wildman–Crippen LogP) is 3.17. The first-order chi connectivity index (χ1) is 9.70. The first kappa shape index (κ1) is 13.3. The molecule has 1 fully saturated rings. The average molecular weight is 266 g/mol. The maximum Gasteiger partial charge on any atom is 0.0505 e. The molecule has 0 spiro atoms. The minimum atomic E-state index is 0.125. The molecule has 104 valence electrons. The summed E-state index contributed by atoms with van der Waals surface area (Å²) in [4.78, 5) is 2.41. The number of nitrogens with zero attached hydrogens (tertiary/aromatic N) is 1. The summed E-state index contributed by atoms with van der Waals surface area (Å²) in [6.45, 7) is 2.28. The molecule has 0 bridgehead atoms. The van der Waals surface area contributed by atoms with Crippen molar-refractivity contribution in [3.8, 4) is 0 Å². The highest BCUT2D eigenvalue weighted by Gasteiger charge is 2.44. The van der Waals surface area contributed by atoms with Crippen molar-refractivity contribution in [2.45, 2.75) is 31.0 Å². The molecule has 1 aliphatic heterocycles. The third-order valence-electron chi connectivity index (χ3n) is 4.71. The second kappa shape index (κ2) is 5.39. The van der Waals surface area contributed by atoms with Crippen LogP contribution in [0.4, 0.5) is 0 Å². The van der Waals surface area contributed by atoms with E-state index in [1.54, 1.807) is 0 Å². The summed E-state index contributed by atoms with van der Waals surface area (Å²) in [7, 11) is 2.19. The highest BCUT2D eigenvalue weighted by molar-refractivity contribution is 5.31. The molecule has 0 aliphatic carbocycles. The van der Waals surface area contributed by atoms with Gasteiger partial charge in [0.05, 0.1) is 6.04 Å². The molecule has 2 N–H and O–H groups in total. The second-order valence-electron chi connectivity index (χ2n) is 5.78. The fourth-order valence-corrected chi connectivity index (χ4v) is 3.58. The lowest BCUT2D eigenvalue weighted by molar-refractivity contribution is 0.247. The van der Waals surface area contributed by atoms with Gasteiger partial charge >= 0.3 is 0 Å². The molecule has 4 atom stereocenters. The molecule has 2 aromatic rings. The minimum absolute atomic E-state index is 0.125. The minimum Gasteiger partial charge on any atom is -0.325 e. The molecule has 0 amide bonds. The van der Waals surface area contributed by atoms with E-state index in [4.69, 9.17) is 5.73 Å². The zero-order valence-corrected chi connectivity index (χ0v) is 12.1. The molecule has 1 aliphatic rings. The zero-order valence-electron chi connectivity index (χ0n) is 12.1. The van der Waals surface area contributed by atoms with Crippen LogP contribution in [-0.2, 0) is 0 Å². The smallest absolute Gasteiger partial charge is 0.0505 e. The number of likely N-dealkylation sites (tertiary alicyclic amines) is 1. The number of hydrogen-bond acceptors (Lipinski definition) is 2. The van der Waals surface area contributed by atoms with Crippen LogP contribution in [0.15, 0.2) is 60.7 Å². The van der Waals surface area contributed by atoms with E-state index < -0.39 is 0 Å². The summed E-state index contributed by atoms with van der Waals surface area (Å²) in [5.74, 6) is 0.381. The number of rotatable bonds is 2. The molecule has 1 saturated heterocycles. The first-order valence-corrected chi connectivity index (χ1v) is 7.27. The predicted molar refractivity (Wildman–Crippen MR) is 83.6 cm³/mol. The Morgan fingerprint density at radius 3 is 1.90 bits per heavy atom. The largest absolute Gasteiger partial charge is 0.325 e. The van der Waals surface area contributed by atoms with Gasteiger partial charge in [-0.25, -0.2) is 0 Å². The zero-order chi connectivity index (χ0) is 14.1. The molecular formula is C18H22N2. The molecule has 3 rings (SSSR count). The van der Waals surface area contributed by atoms with Crippen LogP contribution in [0.25, 0.3) is 0 Å². The third kappa shape index (κ3) is 2.15. The third-order valence-corrected chi connectivity index (χ3v) is 4.71. The second-order valence-corrected chi connectivity index (χ2v) is 5.78. The molecule has 2 nitrogen and oxygen atoms in total. The summed E-state index contributed by atoms with van der Waals surface area (Å²) in [5, 5.41) is 0. The van der Waals surface area contributed by atoms with E-state index in [9.17, 15) is 0 Å². The number of nitrogens with two attached hydrogens (primary N) is 1. The van der Waals surface area contributed by atoms with Gasteiger partial charge in [-0.1, -0.05) is 60.7 Å². The molecule has 2 aromatic carbocycles. The number of hydrogen-bond donors (Lipinski definition) is 1. The van der Waals surface area contributed by atoms with E-state index in [1.165, 1.54) is 11.1 Å². The van der Waals surface area contributed by atoms with Gasteiger partial charge in [0, 0.05) is 18.0 Å². The van der Waals surface area contributed by atoms with E-state index in [0.29, 0.717) is 12.0 Å². The van der Waals surface area contributed by atoms with Crippen molar-refractivity contribution in [1.29, 1.82) is 0 Å². The Bertz CT molecular complexity index is 501. The monoisotopic (exact) mass is 266 g/mol. The van der Waals surface area contributed by atoms with Crippen molar-refractivity contribution in [2.75, 3.05) is 7.05 Å². The number of benzene rings is 2. The van der Waals surface area contributed by atoms with E-state index in [1.807, 2.05) is 0 Å². The molecule has 0 unspecified atom stereocenters. The topological polar surface area (TPSA) is 29.3 Å². The Labute approximate surface area is 121 Å². The Balaban J connectivity index is 1.96. The van der Waals surface area contributed by atoms with Gasteiger partial charge in [0.1, 0.15) is 0 Å². The summed E-state index contributed by atoms with van der Waals surface area (Å²) in [6.07, 6.45) is 0. The van der Waals surface area contributed by atoms with Gasteiger partial charge in [-0.15, -0.1) is 0 Å². The van der Waals surface area contributed by atoms with E-state index in [-0.39, 0.29) is 12.1 Å². The molecule has 0 saturated carbocycles. The standard InChI is InChI=1S/C18H22N2/c1-13-16(14-9-5-3-6-10-14)17(19)18(20(13)2)15-11-7-4-8-12-15/h3-13,16-18H,19H2,1-2H3/t13-,16+,17+,18-/m0/s1. The van der Waals surface area contributed by atoms with Crippen LogP contribution < -0.4 is 5.73 Å². The summed E-state index contributed by atoms with van der Waals surface area (Å²) in [6, 6.07) is 22.1. The maximum absolute atomic E-state index is 6.63. The van der Waals surface area contributed by atoms with E-state index in [0.717, 1.165) is 0 Å². The molecule has 0 aromatic heterocycles. The molecule has 1 heterocycles. The molecular weight excluding hydrogens is 244 g/mol. The van der Waals surface area contributed by atoms with Crippen molar-refractivity contribution in [2.24, 2.45) is 5.73 Å². The van der Waals surface area contributed by atoms with Gasteiger partial charge in [-0.05, 0) is 25.1 Å². The van der Waals surface area contributed by atoms with Crippen LogP contribution in [0.1, 0.15) is 30.0 Å². The van der Waals surface area contributed by atoms with Crippen molar-refractivity contribution in [1.82, 2.24) is 4.90 Å². The van der Waals surface area contributed by atoms with Gasteiger partial charge in [-0.2, -0.15) is 0 Å². The normalized spacial score (nSPS) is 30.6. The molecule has 2 heteroatoms. The van der Waals surface area contributed by atoms with Crippen molar-refractivity contribution >= 4 is 0 Å². The number of likely N-dealkylation sites (N-methyl/N-ethyl adjacent to an activating group) is 1. The van der Waals surface area contributed by atoms with Crippen molar-refractivity contribution in [3.05, 3.63) is 71.8 Å². The highest BCUT2D eigenvalue weighted by atomic mass is 15.2. The Morgan fingerprint density at radius 1 is 0.850 bits per heavy atom. The van der Waals surface area contributed by atoms with Gasteiger partial charge in [0.15, 0.2) is 0 Å². The lowest BCUT2D eigenvalue weighted by Crippen LogP contribution is -2.32.